The lowest BCUT2D eigenvalue weighted by Gasteiger charge is -2.36. The van der Waals surface area contributed by atoms with Gasteiger partial charge >= 0.3 is 0 Å². The van der Waals surface area contributed by atoms with Gasteiger partial charge in [0.1, 0.15) is 6.42 Å². The molecule has 1 heterocycles. The number of hydrazine groups is 1. The second-order valence-electron chi connectivity index (χ2n) is 5.84. The van der Waals surface area contributed by atoms with Gasteiger partial charge in [0.25, 0.3) is 5.91 Å². The summed E-state index contributed by atoms with van der Waals surface area (Å²) >= 11 is 0. The van der Waals surface area contributed by atoms with E-state index in [4.69, 9.17) is 0 Å². The van der Waals surface area contributed by atoms with E-state index in [1.807, 2.05) is 42.5 Å². The standard InChI is InChI=1S/C19H16N2O2/c22-17-12-18(23)21(20-17)19-15-9-5-4-8-14(15)10-11-16(19)13-6-2-1-3-7-13/h1-11,16,19H,12H2,(H,20,22)/t16-,19+/m1/s1. The largest absolute Gasteiger partial charge is 0.273 e. The van der Waals surface area contributed by atoms with Crippen molar-refractivity contribution in [2.45, 2.75) is 18.4 Å². The van der Waals surface area contributed by atoms with Crippen LogP contribution in [0, 0.1) is 0 Å². The van der Waals surface area contributed by atoms with Crippen molar-refractivity contribution in [2.75, 3.05) is 0 Å². The van der Waals surface area contributed by atoms with Gasteiger partial charge in [-0.15, -0.1) is 0 Å². The molecule has 2 aliphatic rings. The molecule has 114 valence electrons. The molecule has 2 aromatic rings. The van der Waals surface area contributed by atoms with Gasteiger partial charge in [0, 0.05) is 5.92 Å². The van der Waals surface area contributed by atoms with Gasteiger partial charge in [0.05, 0.1) is 6.04 Å². The fourth-order valence-corrected chi connectivity index (χ4v) is 3.39. The maximum atomic E-state index is 12.3. The maximum Gasteiger partial charge on any atom is 0.251 e. The minimum atomic E-state index is -0.242. The van der Waals surface area contributed by atoms with E-state index in [0.717, 1.165) is 16.7 Å². The van der Waals surface area contributed by atoms with E-state index in [2.05, 4.69) is 29.7 Å². The average Bonchev–Trinajstić information content (AvgIpc) is 2.92. The van der Waals surface area contributed by atoms with Gasteiger partial charge in [-0.25, -0.2) is 5.01 Å². The number of hydrogen-bond donors (Lipinski definition) is 1. The van der Waals surface area contributed by atoms with Gasteiger partial charge in [-0.05, 0) is 16.7 Å². The average molecular weight is 304 g/mol. The minimum absolute atomic E-state index is 0.00782. The van der Waals surface area contributed by atoms with E-state index in [1.165, 1.54) is 5.01 Å². The molecule has 0 aromatic heterocycles. The summed E-state index contributed by atoms with van der Waals surface area (Å²) in [5, 5.41) is 1.50. The highest BCUT2D eigenvalue weighted by molar-refractivity contribution is 6.02. The molecule has 0 saturated carbocycles. The molecule has 23 heavy (non-hydrogen) atoms. The van der Waals surface area contributed by atoms with E-state index in [1.54, 1.807) is 0 Å². The van der Waals surface area contributed by atoms with E-state index in [-0.39, 0.29) is 30.2 Å². The van der Waals surface area contributed by atoms with Crippen molar-refractivity contribution in [3.8, 4) is 0 Å². The number of nitrogens with one attached hydrogen (secondary N) is 1. The molecule has 0 bridgehead atoms. The molecule has 1 N–H and O–H groups in total. The molecule has 0 spiro atoms. The van der Waals surface area contributed by atoms with Gasteiger partial charge in [-0.1, -0.05) is 66.7 Å². The Morgan fingerprint density at radius 3 is 2.43 bits per heavy atom. The molecule has 2 amide bonds. The van der Waals surface area contributed by atoms with Gasteiger partial charge in [-0.2, -0.15) is 0 Å². The van der Waals surface area contributed by atoms with E-state index < -0.39 is 0 Å². The van der Waals surface area contributed by atoms with Gasteiger partial charge in [0.15, 0.2) is 0 Å². The quantitative estimate of drug-likeness (QED) is 0.867. The normalized spacial score (nSPS) is 22.9. The van der Waals surface area contributed by atoms with Gasteiger partial charge < -0.3 is 0 Å². The third-order valence-corrected chi connectivity index (χ3v) is 4.43. The van der Waals surface area contributed by atoms with E-state index in [9.17, 15) is 9.59 Å². The van der Waals surface area contributed by atoms with Gasteiger partial charge in [-0.3, -0.25) is 15.0 Å². The molecular formula is C19H16N2O2. The molecule has 0 unspecified atom stereocenters. The number of fused-ring (bicyclic) bond motifs is 1. The summed E-state index contributed by atoms with van der Waals surface area (Å²) < 4.78 is 0. The molecule has 4 nitrogen and oxygen atoms in total. The number of nitrogens with zero attached hydrogens (tertiary/aromatic N) is 1. The second-order valence-corrected chi connectivity index (χ2v) is 5.84. The van der Waals surface area contributed by atoms with Crippen LogP contribution in [0.4, 0.5) is 0 Å². The molecule has 1 fully saturated rings. The van der Waals surface area contributed by atoms with Crippen LogP contribution in [0.3, 0.4) is 0 Å². The highest BCUT2D eigenvalue weighted by atomic mass is 16.2. The van der Waals surface area contributed by atoms with Crippen LogP contribution in [0.15, 0.2) is 60.7 Å². The molecule has 2 atom stereocenters. The summed E-state index contributed by atoms with van der Waals surface area (Å²) in [4.78, 5) is 24.0. The van der Waals surface area contributed by atoms with E-state index >= 15 is 0 Å². The SMILES string of the molecule is O=C1CC(=O)N([C@H]2c3ccccc3C=C[C@@H]2c2ccccc2)N1. The fraction of sp³-hybridized carbons (Fsp3) is 0.158. The fourth-order valence-electron chi connectivity index (χ4n) is 3.39. The summed E-state index contributed by atoms with van der Waals surface area (Å²) in [5.74, 6) is -0.409. The number of rotatable bonds is 2. The van der Waals surface area contributed by atoms with Crippen LogP contribution in [-0.2, 0) is 9.59 Å². The van der Waals surface area contributed by atoms with Crippen molar-refractivity contribution in [1.29, 1.82) is 0 Å². The van der Waals surface area contributed by atoms with Crippen LogP contribution < -0.4 is 5.43 Å². The molecule has 4 rings (SSSR count). The van der Waals surface area contributed by atoms with E-state index in [0.29, 0.717) is 0 Å². The zero-order chi connectivity index (χ0) is 15.8. The molecule has 4 heteroatoms. The Labute approximate surface area is 134 Å². The van der Waals surface area contributed by atoms with Crippen molar-refractivity contribution in [3.05, 3.63) is 77.4 Å². The first-order chi connectivity index (χ1) is 11.2. The highest BCUT2D eigenvalue weighted by Crippen LogP contribution is 2.42. The predicted octanol–water partition coefficient (Wildman–Crippen LogP) is 2.80. The molecule has 2 aromatic carbocycles. The van der Waals surface area contributed by atoms with Crippen molar-refractivity contribution in [2.24, 2.45) is 0 Å². The monoisotopic (exact) mass is 304 g/mol. The Morgan fingerprint density at radius 1 is 0.957 bits per heavy atom. The Balaban J connectivity index is 1.83. The number of hydrogen-bond acceptors (Lipinski definition) is 2. The zero-order valence-corrected chi connectivity index (χ0v) is 12.5. The summed E-state index contributed by atoms with van der Waals surface area (Å²) in [5.41, 5.74) is 5.98. The van der Waals surface area contributed by atoms with Crippen molar-refractivity contribution >= 4 is 17.9 Å². The Morgan fingerprint density at radius 2 is 1.70 bits per heavy atom. The molecule has 1 aliphatic heterocycles. The van der Waals surface area contributed by atoms with Crippen molar-refractivity contribution in [1.82, 2.24) is 10.4 Å². The zero-order valence-electron chi connectivity index (χ0n) is 12.5. The van der Waals surface area contributed by atoms with Crippen LogP contribution in [0.1, 0.15) is 35.1 Å². The molecule has 1 saturated heterocycles. The lowest BCUT2D eigenvalue weighted by molar-refractivity contribution is -0.132. The Kier molecular flexibility index (Phi) is 3.23. The lowest BCUT2D eigenvalue weighted by atomic mass is 9.80. The van der Waals surface area contributed by atoms with Crippen molar-refractivity contribution in [3.63, 3.8) is 0 Å². The molecule has 1 aliphatic carbocycles. The van der Waals surface area contributed by atoms with Crippen LogP contribution in [0.5, 0.6) is 0 Å². The summed E-state index contributed by atoms with van der Waals surface area (Å²) in [6, 6.07) is 17.8. The summed E-state index contributed by atoms with van der Waals surface area (Å²) in [6.45, 7) is 0. The molecule has 0 radical (unpaired) electrons. The second kappa shape index (κ2) is 5.39. The first kappa shape index (κ1) is 13.8. The summed E-state index contributed by atoms with van der Waals surface area (Å²) in [6.07, 6.45) is 4.12. The van der Waals surface area contributed by atoms with Crippen LogP contribution in [-0.4, -0.2) is 16.8 Å². The first-order valence-electron chi connectivity index (χ1n) is 7.67. The summed E-state index contributed by atoms with van der Waals surface area (Å²) in [7, 11) is 0. The number of carbonyl (C=O) groups excluding carboxylic acids is 2. The van der Waals surface area contributed by atoms with Crippen LogP contribution in [0.25, 0.3) is 6.08 Å². The van der Waals surface area contributed by atoms with Crippen molar-refractivity contribution < 1.29 is 9.59 Å². The first-order valence-corrected chi connectivity index (χ1v) is 7.67. The Bertz CT molecular complexity index is 798. The van der Waals surface area contributed by atoms with Crippen LogP contribution in [0.2, 0.25) is 0 Å². The third-order valence-electron chi connectivity index (χ3n) is 4.43. The number of amides is 2. The number of benzene rings is 2. The maximum absolute atomic E-state index is 12.3. The lowest BCUT2D eigenvalue weighted by Crippen LogP contribution is -2.42. The molecular weight excluding hydrogens is 288 g/mol. The topological polar surface area (TPSA) is 49.4 Å². The van der Waals surface area contributed by atoms with Gasteiger partial charge in [0.2, 0.25) is 5.91 Å². The minimum Gasteiger partial charge on any atom is -0.273 e. The number of carbonyl (C=O) groups is 2. The third kappa shape index (κ3) is 2.32. The highest BCUT2D eigenvalue weighted by Gasteiger charge is 2.39. The van der Waals surface area contributed by atoms with Crippen LogP contribution >= 0.6 is 0 Å². The predicted molar refractivity (Wildman–Crippen MR) is 87.0 cm³/mol. The Hall–Kier alpha value is -2.88. The smallest absolute Gasteiger partial charge is 0.251 e.